The maximum atomic E-state index is 12.1. The van der Waals surface area contributed by atoms with Gasteiger partial charge in [0.15, 0.2) is 16.6 Å². The fraction of sp³-hybridized carbons (Fsp3) is 0.333. The lowest BCUT2D eigenvalue weighted by Crippen LogP contribution is -2.31. The number of amides is 1. The van der Waals surface area contributed by atoms with E-state index < -0.39 is 0 Å². The Hall–Kier alpha value is -1.34. The molecule has 0 spiro atoms. The maximum Gasteiger partial charge on any atom is 0.255 e. The van der Waals surface area contributed by atoms with Crippen LogP contribution < -0.4 is 19.7 Å². The second-order valence-electron chi connectivity index (χ2n) is 4.29. The Balaban J connectivity index is 2.05. The molecule has 1 saturated heterocycles. The van der Waals surface area contributed by atoms with Crippen LogP contribution in [0.2, 0.25) is 0 Å². The smallest absolute Gasteiger partial charge is 0.255 e. The first kappa shape index (κ1) is 12.7. The van der Waals surface area contributed by atoms with Crippen LogP contribution in [-0.2, 0) is 4.79 Å². The van der Waals surface area contributed by atoms with Gasteiger partial charge in [-0.3, -0.25) is 9.69 Å². The molecule has 0 saturated carbocycles. The number of fused-ring (bicyclic) bond motifs is 1. The van der Waals surface area contributed by atoms with Gasteiger partial charge in [0.05, 0.1) is 5.69 Å². The highest BCUT2D eigenvalue weighted by atomic mass is 79.9. The first-order chi connectivity index (χ1) is 9.08. The van der Waals surface area contributed by atoms with Crippen LogP contribution in [0.5, 0.6) is 11.5 Å². The molecule has 1 aromatic carbocycles. The molecule has 1 aromatic rings. The highest BCUT2D eigenvalue weighted by molar-refractivity contribution is 9.10. The molecule has 2 heterocycles. The third kappa shape index (κ3) is 2.06. The van der Waals surface area contributed by atoms with Gasteiger partial charge in [-0.15, -0.1) is 0 Å². The fourth-order valence-electron chi connectivity index (χ4n) is 2.06. The number of hydrogen-bond acceptors (Lipinski definition) is 4. The van der Waals surface area contributed by atoms with Gasteiger partial charge in [0.1, 0.15) is 19.3 Å². The first-order valence-electron chi connectivity index (χ1n) is 5.81. The Labute approximate surface area is 124 Å². The number of thiocarbonyl (C=S) groups is 1. The van der Waals surface area contributed by atoms with E-state index in [0.717, 1.165) is 4.47 Å². The van der Waals surface area contributed by atoms with E-state index in [1.165, 1.54) is 4.90 Å². The first-order valence-corrected chi connectivity index (χ1v) is 7.01. The Morgan fingerprint density at radius 2 is 2.00 bits per heavy atom. The average molecular weight is 343 g/mol. The molecular weight excluding hydrogens is 332 g/mol. The molecule has 2 aliphatic rings. The van der Waals surface area contributed by atoms with Crippen molar-refractivity contribution in [2.45, 2.75) is 13.0 Å². The van der Waals surface area contributed by atoms with Gasteiger partial charge < -0.3 is 14.8 Å². The van der Waals surface area contributed by atoms with Crippen molar-refractivity contribution in [3.8, 4) is 11.5 Å². The summed E-state index contributed by atoms with van der Waals surface area (Å²) in [5.41, 5.74) is 0.663. The molecule has 1 fully saturated rings. The molecule has 3 rings (SSSR count). The van der Waals surface area contributed by atoms with Gasteiger partial charge in [0, 0.05) is 16.6 Å². The van der Waals surface area contributed by atoms with Gasteiger partial charge in [-0.05, 0) is 35.1 Å². The summed E-state index contributed by atoms with van der Waals surface area (Å²) in [5.74, 6) is 1.21. The Kier molecular flexibility index (Phi) is 3.10. The van der Waals surface area contributed by atoms with Crippen LogP contribution in [0.15, 0.2) is 16.6 Å². The normalized spacial score (nSPS) is 21.6. The van der Waals surface area contributed by atoms with Gasteiger partial charge in [-0.1, -0.05) is 0 Å². The van der Waals surface area contributed by atoms with Crippen molar-refractivity contribution >= 4 is 44.9 Å². The third-order valence-electron chi connectivity index (χ3n) is 2.99. The fourth-order valence-corrected chi connectivity index (χ4v) is 2.92. The van der Waals surface area contributed by atoms with Crippen molar-refractivity contribution < 1.29 is 14.3 Å². The molecule has 100 valence electrons. The SMILES string of the molecule is CC1NC(=S)N(c2cc3c(cc2Br)OCCO3)C1=O. The van der Waals surface area contributed by atoms with Gasteiger partial charge in [0.2, 0.25) is 0 Å². The quantitative estimate of drug-likeness (QED) is 0.789. The summed E-state index contributed by atoms with van der Waals surface area (Å²) in [4.78, 5) is 13.6. The van der Waals surface area contributed by atoms with Crippen molar-refractivity contribution in [3.63, 3.8) is 0 Å². The van der Waals surface area contributed by atoms with Crippen molar-refractivity contribution in [3.05, 3.63) is 16.6 Å². The molecule has 1 unspecified atom stereocenters. The predicted octanol–water partition coefficient (Wildman–Crippen LogP) is 1.83. The van der Waals surface area contributed by atoms with Crippen LogP contribution in [0, 0.1) is 0 Å². The number of hydrogen-bond donors (Lipinski definition) is 1. The summed E-state index contributed by atoms with van der Waals surface area (Å²) in [6, 6.07) is 3.25. The van der Waals surface area contributed by atoms with E-state index in [0.29, 0.717) is 35.5 Å². The minimum atomic E-state index is -0.312. The number of halogens is 1. The minimum Gasteiger partial charge on any atom is -0.486 e. The highest BCUT2D eigenvalue weighted by Crippen LogP contribution is 2.40. The lowest BCUT2D eigenvalue weighted by Gasteiger charge is -2.22. The second kappa shape index (κ2) is 4.64. The maximum absolute atomic E-state index is 12.1. The predicted molar refractivity (Wildman–Crippen MR) is 77.8 cm³/mol. The largest absolute Gasteiger partial charge is 0.486 e. The molecule has 1 amide bonds. The summed E-state index contributed by atoms with van der Waals surface area (Å²) in [7, 11) is 0. The zero-order chi connectivity index (χ0) is 13.6. The van der Waals surface area contributed by atoms with E-state index in [1.54, 1.807) is 19.1 Å². The second-order valence-corrected chi connectivity index (χ2v) is 5.53. The molecule has 7 heteroatoms. The molecule has 0 radical (unpaired) electrons. The lowest BCUT2D eigenvalue weighted by molar-refractivity contribution is -0.117. The molecule has 1 N–H and O–H groups in total. The van der Waals surface area contributed by atoms with Crippen LogP contribution in [0.1, 0.15) is 6.92 Å². The monoisotopic (exact) mass is 342 g/mol. The van der Waals surface area contributed by atoms with E-state index in [2.05, 4.69) is 21.2 Å². The summed E-state index contributed by atoms with van der Waals surface area (Å²) in [5, 5.41) is 3.34. The lowest BCUT2D eigenvalue weighted by atomic mass is 10.2. The molecule has 0 bridgehead atoms. The van der Waals surface area contributed by atoms with Crippen LogP contribution in [0.3, 0.4) is 0 Å². The van der Waals surface area contributed by atoms with Crippen LogP contribution in [0.4, 0.5) is 5.69 Å². The number of anilines is 1. The zero-order valence-corrected chi connectivity index (χ0v) is 12.5. The molecular formula is C12H11BrN2O3S. The van der Waals surface area contributed by atoms with Crippen molar-refractivity contribution in [1.29, 1.82) is 0 Å². The van der Waals surface area contributed by atoms with Gasteiger partial charge in [0.25, 0.3) is 5.91 Å². The molecule has 0 aliphatic carbocycles. The molecule has 0 aromatic heterocycles. The van der Waals surface area contributed by atoms with Crippen molar-refractivity contribution in [2.24, 2.45) is 0 Å². The van der Waals surface area contributed by atoms with E-state index in [-0.39, 0.29) is 11.9 Å². The summed E-state index contributed by atoms with van der Waals surface area (Å²) in [6.07, 6.45) is 0. The van der Waals surface area contributed by atoms with E-state index >= 15 is 0 Å². The number of carbonyl (C=O) groups is 1. The molecule has 1 atom stereocenters. The van der Waals surface area contributed by atoms with Gasteiger partial charge in [-0.25, -0.2) is 0 Å². The minimum absolute atomic E-state index is 0.0811. The number of benzene rings is 1. The number of rotatable bonds is 1. The van der Waals surface area contributed by atoms with E-state index in [1.807, 2.05) is 0 Å². The Morgan fingerprint density at radius 3 is 2.58 bits per heavy atom. The molecule has 2 aliphatic heterocycles. The average Bonchev–Trinajstić information content (AvgIpc) is 2.63. The van der Waals surface area contributed by atoms with Gasteiger partial charge in [-0.2, -0.15) is 0 Å². The standard InChI is InChI=1S/C12H11BrN2O3S/c1-6-11(16)15(12(19)14-6)8-5-10-9(4-7(8)13)17-2-3-18-10/h4-6H,2-3H2,1H3,(H,14,19). The zero-order valence-electron chi connectivity index (χ0n) is 10.1. The van der Waals surface area contributed by atoms with Crippen LogP contribution in [0.25, 0.3) is 0 Å². The number of carbonyl (C=O) groups excluding carboxylic acids is 1. The number of nitrogens with one attached hydrogen (secondary N) is 1. The van der Waals surface area contributed by atoms with Crippen molar-refractivity contribution in [1.82, 2.24) is 5.32 Å². The molecule has 19 heavy (non-hydrogen) atoms. The Bertz CT molecular complexity index is 578. The topological polar surface area (TPSA) is 50.8 Å². The Morgan fingerprint density at radius 1 is 1.37 bits per heavy atom. The molecule has 5 nitrogen and oxygen atoms in total. The van der Waals surface area contributed by atoms with Gasteiger partial charge >= 0.3 is 0 Å². The summed E-state index contributed by atoms with van der Waals surface area (Å²) in [6.45, 7) is 2.81. The summed E-state index contributed by atoms with van der Waals surface area (Å²) >= 11 is 8.64. The number of nitrogens with zero attached hydrogens (tertiary/aromatic N) is 1. The van der Waals surface area contributed by atoms with Crippen LogP contribution >= 0.6 is 28.1 Å². The number of ether oxygens (including phenoxy) is 2. The highest BCUT2D eigenvalue weighted by Gasteiger charge is 2.35. The van der Waals surface area contributed by atoms with Crippen molar-refractivity contribution in [2.75, 3.05) is 18.1 Å². The third-order valence-corrected chi connectivity index (χ3v) is 3.92. The van der Waals surface area contributed by atoms with Crippen LogP contribution in [-0.4, -0.2) is 30.3 Å². The van der Waals surface area contributed by atoms with E-state index in [9.17, 15) is 4.79 Å². The van der Waals surface area contributed by atoms with E-state index in [4.69, 9.17) is 21.7 Å². The summed E-state index contributed by atoms with van der Waals surface area (Å²) < 4.78 is 11.8.